The maximum absolute atomic E-state index is 12.2. The summed E-state index contributed by atoms with van der Waals surface area (Å²) in [5.41, 5.74) is 2.12. The Morgan fingerprint density at radius 3 is 2.67 bits per heavy atom. The minimum Gasteiger partial charge on any atom is -0.444 e. The molecule has 144 valence electrons. The summed E-state index contributed by atoms with van der Waals surface area (Å²) in [5.74, 6) is 1.13. The molecule has 1 amide bonds. The number of anilines is 1. The molecule has 1 saturated heterocycles. The van der Waals surface area contributed by atoms with E-state index in [0.717, 1.165) is 48.5 Å². The molecule has 2 aliphatic rings. The van der Waals surface area contributed by atoms with Crippen molar-refractivity contribution in [1.29, 1.82) is 0 Å². The van der Waals surface area contributed by atoms with Gasteiger partial charge in [0.15, 0.2) is 5.78 Å². The molecular weight excluding hydrogens is 344 g/mol. The number of carbonyl (C=O) groups is 2. The van der Waals surface area contributed by atoms with E-state index in [9.17, 15) is 9.59 Å². The zero-order chi connectivity index (χ0) is 19.2. The predicted octanol–water partition coefficient (Wildman–Crippen LogP) is 3.12. The van der Waals surface area contributed by atoms with Gasteiger partial charge in [-0.25, -0.2) is 9.78 Å². The predicted molar refractivity (Wildman–Crippen MR) is 103 cm³/mol. The van der Waals surface area contributed by atoms with Gasteiger partial charge in [0.05, 0.1) is 11.0 Å². The topological polar surface area (TPSA) is 76.5 Å². The van der Waals surface area contributed by atoms with Crippen molar-refractivity contribution in [2.75, 3.05) is 18.0 Å². The number of carbonyl (C=O) groups excluding carboxylic acids is 2. The standard InChI is InChI=1S/C20H26N4O3/c1-20(2,3)27-19(26)21-13-7-10-23(11-8-13)18-22-15-6-4-5-14-16(25)9-12-24(18)17(14)15/h4-6,13H,7-12H2,1-3H3,(H,21,26). The molecule has 1 N–H and O–H groups in total. The van der Waals surface area contributed by atoms with Crippen molar-refractivity contribution in [3.63, 3.8) is 0 Å². The van der Waals surface area contributed by atoms with Crippen LogP contribution in [0.25, 0.3) is 11.0 Å². The van der Waals surface area contributed by atoms with Crippen LogP contribution < -0.4 is 10.2 Å². The fraction of sp³-hybridized carbons (Fsp3) is 0.550. The van der Waals surface area contributed by atoms with Crippen LogP contribution in [0, 0.1) is 0 Å². The van der Waals surface area contributed by atoms with Crippen molar-refractivity contribution >= 4 is 28.9 Å². The molecule has 0 atom stereocenters. The molecule has 1 fully saturated rings. The monoisotopic (exact) mass is 370 g/mol. The van der Waals surface area contributed by atoms with Crippen LogP contribution in [-0.4, -0.2) is 46.2 Å². The Hall–Kier alpha value is -2.57. The molecule has 7 heteroatoms. The first kappa shape index (κ1) is 17.8. The number of imidazole rings is 1. The second-order valence-corrected chi connectivity index (χ2v) is 8.32. The highest BCUT2D eigenvalue weighted by Gasteiger charge is 2.29. The summed E-state index contributed by atoms with van der Waals surface area (Å²) in [6.45, 7) is 7.89. The van der Waals surface area contributed by atoms with E-state index in [2.05, 4.69) is 14.8 Å². The summed E-state index contributed by atoms with van der Waals surface area (Å²) < 4.78 is 7.52. The van der Waals surface area contributed by atoms with E-state index in [1.807, 2.05) is 39.0 Å². The highest BCUT2D eigenvalue weighted by atomic mass is 16.6. The van der Waals surface area contributed by atoms with Crippen LogP contribution in [0.3, 0.4) is 0 Å². The first-order valence-corrected chi connectivity index (χ1v) is 9.59. The second-order valence-electron chi connectivity index (χ2n) is 8.32. The van der Waals surface area contributed by atoms with E-state index in [-0.39, 0.29) is 17.9 Å². The van der Waals surface area contributed by atoms with Gasteiger partial charge in [-0.15, -0.1) is 0 Å². The molecule has 0 saturated carbocycles. The SMILES string of the molecule is CC(C)(C)OC(=O)NC1CCN(c2nc3cccc4c3n2CCC4=O)CC1. The van der Waals surface area contributed by atoms with E-state index in [4.69, 9.17) is 9.72 Å². The molecule has 2 aromatic rings. The lowest BCUT2D eigenvalue weighted by atomic mass is 10.0. The van der Waals surface area contributed by atoms with Crippen LogP contribution >= 0.6 is 0 Å². The molecule has 4 rings (SSSR count). The van der Waals surface area contributed by atoms with Crippen LogP contribution in [0.2, 0.25) is 0 Å². The molecule has 0 radical (unpaired) electrons. The number of ketones is 1. The van der Waals surface area contributed by atoms with E-state index in [1.54, 1.807) is 0 Å². The first-order chi connectivity index (χ1) is 12.8. The number of hydrogen-bond acceptors (Lipinski definition) is 5. The number of ether oxygens (including phenoxy) is 1. The lowest BCUT2D eigenvalue weighted by Gasteiger charge is -2.34. The highest BCUT2D eigenvalue weighted by molar-refractivity contribution is 6.08. The summed E-state index contributed by atoms with van der Waals surface area (Å²) in [7, 11) is 0. The van der Waals surface area contributed by atoms with Crippen LogP contribution in [0.1, 0.15) is 50.4 Å². The third-order valence-electron chi connectivity index (χ3n) is 5.11. The van der Waals surface area contributed by atoms with Crippen molar-refractivity contribution < 1.29 is 14.3 Å². The van der Waals surface area contributed by atoms with Crippen LogP contribution in [-0.2, 0) is 11.3 Å². The number of nitrogens with zero attached hydrogens (tertiary/aromatic N) is 3. The number of rotatable bonds is 2. The van der Waals surface area contributed by atoms with Crippen molar-refractivity contribution in [1.82, 2.24) is 14.9 Å². The summed E-state index contributed by atoms with van der Waals surface area (Å²) in [6, 6.07) is 5.87. The number of piperidine rings is 1. The Morgan fingerprint density at radius 1 is 1.22 bits per heavy atom. The molecule has 2 aliphatic heterocycles. The zero-order valence-corrected chi connectivity index (χ0v) is 16.1. The van der Waals surface area contributed by atoms with Crippen molar-refractivity contribution in [3.05, 3.63) is 23.8 Å². The number of nitrogens with one attached hydrogen (secondary N) is 1. The third kappa shape index (κ3) is 3.50. The van der Waals surface area contributed by atoms with Gasteiger partial charge in [0.25, 0.3) is 0 Å². The molecule has 7 nitrogen and oxygen atoms in total. The number of para-hydroxylation sites is 1. The van der Waals surface area contributed by atoms with Crippen molar-refractivity contribution in [3.8, 4) is 0 Å². The van der Waals surface area contributed by atoms with Gasteiger partial charge >= 0.3 is 6.09 Å². The largest absolute Gasteiger partial charge is 0.444 e. The Balaban J connectivity index is 1.47. The van der Waals surface area contributed by atoms with E-state index in [0.29, 0.717) is 13.0 Å². The fourth-order valence-corrected chi connectivity index (χ4v) is 3.90. The number of benzene rings is 1. The van der Waals surface area contributed by atoms with Gasteiger partial charge in [0.1, 0.15) is 5.60 Å². The van der Waals surface area contributed by atoms with Crippen LogP contribution in [0.15, 0.2) is 18.2 Å². The maximum atomic E-state index is 12.2. The van der Waals surface area contributed by atoms with Gasteiger partial charge in [-0.1, -0.05) is 6.07 Å². The number of aryl methyl sites for hydroxylation is 1. The van der Waals surface area contributed by atoms with Crippen molar-refractivity contribution in [2.45, 2.75) is 58.2 Å². The average Bonchev–Trinajstić information content (AvgIpc) is 2.97. The zero-order valence-electron chi connectivity index (χ0n) is 16.1. The molecule has 0 bridgehead atoms. The molecule has 0 spiro atoms. The maximum Gasteiger partial charge on any atom is 0.407 e. The molecule has 3 heterocycles. The van der Waals surface area contributed by atoms with Crippen LogP contribution in [0.4, 0.5) is 10.7 Å². The minimum absolute atomic E-state index is 0.110. The average molecular weight is 370 g/mol. The van der Waals surface area contributed by atoms with Gasteiger partial charge in [-0.05, 0) is 45.7 Å². The normalized spacial score (nSPS) is 18.0. The highest BCUT2D eigenvalue weighted by Crippen LogP contribution is 2.31. The van der Waals surface area contributed by atoms with Gasteiger partial charge < -0.3 is 19.5 Å². The van der Waals surface area contributed by atoms with Gasteiger partial charge in [-0.2, -0.15) is 0 Å². The van der Waals surface area contributed by atoms with Crippen LogP contribution in [0.5, 0.6) is 0 Å². The number of alkyl carbamates (subject to hydrolysis) is 1. The Morgan fingerprint density at radius 2 is 1.96 bits per heavy atom. The molecule has 1 aromatic carbocycles. The first-order valence-electron chi connectivity index (χ1n) is 9.59. The molecular formula is C20H26N4O3. The third-order valence-corrected chi connectivity index (χ3v) is 5.11. The number of aromatic nitrogens is 2. The lowest BCUT2D eigenvalue weighted by molar-refractivity contribution is 0.0497. The van der Waals surface area contributed by atoms with Gasteiger partial charge in [0.2, 0.25) is 5.95 Å². The van der Waals surface area contributed by atoms with E-state index in [1.165, 1.54) is 0 Å². The Labute approximate surface area is 158 Å². The molecule has 1 aromatic heterocycles. The number of amides is 1. The lowest BCUT2D eigenvalue weighted by Crippen LogP contribution is -2.46. The molecule has 0 aliphatic carbocycles. The second kappa shape index (κ2) is 6.55. The van der Waals surface area contributed by atoms with Gasteiger partial charge in [-0.3, -0.25) is 4.79 Å². The molecule has 0 unspecified atom stereocenters. The summed E-state index contributed by atoms with van der Waals surface area (Å²) in [5, 5.41) is 2.97. The Kier molecular flexibility index (Phi) is 4.32. The fourth-order valence-electron chi connectivity index (χ4n) is 3.90. The Bertz CT molecular complexity index is 888. The quantitative estimate of drug-likeness (QED) is 0.879. The minimum atomic E-state index is -0.488. The number of Topliss-reactive ketones (excluding diaryl/α,β-unsaturated/α-hetero) is 1. The molecule has 27 heavy (non-hydrogen) atoms. The van der Waals surface area contributed by atoms with E-state index >= 15 is 0 Å². The van der Waals surface area contributed by atoms with Gasteiger partial charge in [0, 0.05) is 37.7 Å². The summed E-state index contributed by atoms with van der Waals surface area (Å²) >= 11 is 0. The summed E-state index contributed by atoms with van der Waals surface area (Å²) in [6.07, 6.45) is 1.85. The number of hydrogen-bond donors (Lipinski definition) is 1. The smallest absolute Gasteiger partial charge is 0.407 e. The van der Waals surface area contributed by atoms with E-state index < -0.39 is 5.60 Å². The van der Waals surface area contributed by atoms with Crippen molar-refractivity contribution in [2.24, 2.45) is 0 Å². The summed E-state index contributed by atoms with van der Waals surface area (Å²) in [4.78, 5) is 31.2.